The van der Waals surface area contributed by atoms with Crippen molar-refractivity contribution in [1.29, 1.82) is 0 Å². The summed E-state index contributed by atoms with van der Waals surface area (Å²) >= 11 is 0. The number of benzene rings is 1. The van der Waals surface area contributed by atoms with Gasteiger partial charge in [-0.2, -0.15) is 0 Å². The molecule has 0 amide bonds. The van der Waals surface area contributed by atoms with E-state index in [0.29, 0.717) is 0 Å². The fourth-order valence-corrected chi connectivity index (χ4v) is 2.59. The molecule has 0 atom stereocenters. The van der Waals surface area contributed by atoms with Crippen LogP contribution in [0, 0.1) is 6.92 Å². The maximum Gasteiger partial charge on any atom is 0.105 e. The van der Waals surface area contributed by atoms with Gasteiger partial charge in [-0.1, -0.05) is 6.07 Å². The molecule has 0 unspecified atom stereocenters. The molecule has 3 aromatic rings. The van der Waals surface area contributed by atoms with Crippen LogP contribution in [0.3, 0.4) is 0 Å². The summed E-state index contributed by atoms with van der Waals surface area (Å²) in [4.78, 5) is 6.73. The second-order valence-electron chi connectivity index (χ2n) is 5.39. The fraction of sp³-hybridized carbons (Fsp3) is 0.235. The van der Waals surface area contributed by atoms with Crippen molar-refractivity contribution in [2.24, 2.45) is 0 Å². The van der Waals surface area contributed by atoms with Crippen molar-refractivity contribution in [2.45, 2.75) is 20.0 Å². The highest BCUT2D eigenvalue weighted by Crippen LogP contribution is 2.24. The molecule has 0 radical (unpaired) electrons. The Balaban J connectivity index is 1.85. The van der Waals surface area contributed by atoms with Crippen molar-refractivity contribution < 1.29 is 4.42 Å². The normalized spacial score (nSPS) is 11.4. The van der Waals surface area contributed by atoms with Gasteiger partial charge in [-0.15, -0.1) is 0 Å². The lowest BCUT2D eigenvalue weighted by molar-refractivity contribution is 0.317. The van der Waals surface area contributed by atoms with Crippen LogP contribution in [0.2, 0.25) is 0 Å². The van der Waals surface area contributed by atoms with Gasteiger partial charge in [0.1, 0.15) is 5.76 Å². The van der Waals surface area contributed by atoms with Gasteiger partial charge in [0.2, 0.25) is 0 Å². The molecule has 0 bridgehead atoms. The Morgan fingerprint density at radius 2 is 1.95 bits per heavy atom. The molecule has 0 saturated heterocycles. The minimum absolute atomic E-state index is 0.773. The first kappa shape index (κ1) is 13.6. The van der Waals surface area contributed by atoms with E-state index in [-0.39, 0.29) is 0 Å². The number of aryl methyl sites for hydroxylation is 1. The quantitative estimate of drug-likeness (QED) is 0.745. The summed E-state index contributed by atoms with van der Waals surface area (Å²) in [7, 11) is 2.09. The Labute approximate surface area is 124 Å². The highest BCUT2D eigenvalue weighted by molar-refractivity contribution is 5.92. The molecule has 0 aliphatic heterocycles. The first-order chi connectivity index (χ1) is 10.1. The molecule has 4 heteroatoms. The van der Waals surface area contributed by atoms with E-state index < -0.39 is 0 Å². The molecule has 2 aromatic heterocycles. The number of nitrogens with two attached hydrogens (primary N) is 1. The minimum Gasteiger partial charge on any atom is -0.469 e. The number of anilines is 1. The standard InChI is InChI=1S/C17H19N3O/c1-12-13(7-9-21-12)10-20(2)11-14-5-6-16(18)15-4-3-8-19-17(14)15/h3-9H,10-11,18H2,1-2H3. The van der Waals surface area contributed by atoms with Crippen molar-refractivity contribution >= 4 is 16.6 Å². The minimum atomic E-state index is 0.773. The average molecular weight is 281 g/mol. The Hall–Kier alpha value is -2.33. The monoisotopic (exact) mass is 281 g/mol. The Morgan fingerprint density at radius 3 is 2.71 bits per heavy atom. The SMILES string of the molecule is Cc1occc1CN(C)Cc1ccc(N)c2cccnc12. The molecule has 1 aromatic carbocycles. The van der Waals surface area contributed by atoms with Gasteiger partial charge in [0.15, 0.2) is 0 Å². The van der Waals surface area contributed by atoms with E-state index in [4.69, 9.17) is 10.2 Å². The second-order valence-corrected chi connectivity index (χ2v) is 5.39. The van der Waals surface area contributed by atoms with Crippen LogP contribution in [0.25, 0.3) is 10.9 Å². The Morgan fingerprint density at radius 1 is 1.14 bits per heavy atom. The van der Waals surface area contributed by atoms with Gasteiger partial charge in [0.25, 0.3) is 0 Å². The Kier molecular flexibility index (Phi) is 3.62. The zero-order valence-electron chi connectivity index (χ0n) is 12.3. The smallest absolute Gasteiger partial charge is 0.105 e. The van der Waals surface area contributed by atoms with Crippen molar-refractivity contribution in [1.82, 2.24) is 9.88 Å². The summed E-state index contributed by atoms with van der Waals surface area (Å²) in [6.07, 6.45) is 3.55. The molecule has 4 nitrogen and oxygen atoms in total. The number of nitrogens with zero attached hydrogens (tertiary/aromatic N) is 2. The first-order valence-electron chi connectivity index (χ1n) is 6.99. The van der Waals surface area contributed by atoms with Crippen LogP contribution in [0.1, 0.15) is 16.9 Å². The van der Waals surface area contributed by atoms with Gasteiger partial charge in [-0.05, 0) is 43.8 Å². The summed E-state index contributed by atoms with van der Waals surface area (Å²) in [6, 6.07) is 9.97. The van der Waals surface area contributed by atoms with Crippen LogP contribution in [0.5, 0.6) is 0 Å². The number of pyridine rings is 1. The molecule has 0 spiro atoms. The van der Waals surface area contributed by atoms with Crippen LogP contribution in [-0.4, -0.2) is 16.9 Å². The molecule has 0 fully saturated rings. The number of fused-ring (bicyclic) bond motifs is 1. The van der Waals surface area contributed by atoms with Crippen LogP contribution in [0.15, 0.2) is 47.2 Å². The Bertz CT molecular complexity index is 764. The van der Waals surface area contributed by atoms with Gasteiger partial charge in [0.05, 0.1) is 11.8 Å². The fourth-order valence-electron chi connectivity index (χ4n) is 2.59. The number of rotatable bonds is 4. The van der Waals surface area contributed by atoms with E-state index in [0.717, 1.165) is 35.4 Å². The van der Waals surface area contributed by atoms with E-state index in [1.54, 1.807) is 6.26 Å². The molecule has 3 rings (SSSR count). The molecule has 108 valence electrons. The van der Waals surface area contributed by atoms with Gasteiger partial charge in [-0.3, -0.25) is 9.88 Å². The largest absolute Gasteiger partial charge is 0.469 e. The number of hydrogen-bond donors (Lipinski definition) is 1. The first-order valence-corrected chi connectivity index (χ1v) is 6.99. The van der Waals surface area contributed by atoms with Crippen molar-refractivity contribution in [3.63, 3.8) is 0 Å². The van der Waals surface area contributed by atoms with Crippen molar-refractivity contribution in [3.8, 4) is 0 Å². The summed E-state index contributed by atoms with van der Waals surface area (Å²) < 4.78 is 5.35. The second kappa shape index (κ2) is 5.58. The number of aromatic nitrogens is 1. The third-order valence-corrected chi connectivity index (χ3v) is 3.73. The third-order valence-electron chi connectivity index (χ3n) is 3.73. The predicted octanol–water partition coefficient (Wildman–Crippen LogP) is 3.35. The van der Waals surface area contributed by atoms with Gasteiger partial charge in [-0.25, -0.2) is 0 Å². The lowest BCUT2D eigenvalue weighted by Gasteiger charge is -2.17. The van der Waals surface area contributed by atoms with Crippen molar-refractivity contribution in [2.75, 3.05) is 12.8 Å². The topological polar surface area (TPSA) is 55.3 Å². The van der Waals surface area contributed by atoms with Crippen LogP contribution < -0.4 is 5.73 Å². The predicted molar refractivity (Wildman–Crippen MR) is 84.8 cm³/mol. The zero-order valence-corrected chi connectivity index (χ0v) is 12.3. The number of hydrogen-bond acceptors (Lipinski definition) is 4. The molecular formula is C17H19N3O. The molecule has 0 aliphatic carbocycles. The van der Waals surface area contributed by atoms with E-state index in [9.17, 15) is 0 Å². The lowest BCUT2D eigenvalue weighted by atomic mass is 10.1. The molecular weight excluding hydrogens is 262 g/mol. The molecule has 0 aliphatic rings. The van der Waals surface area contributed by atoms with E-state index in [2.05, 4.69) is 23.0 Å². The summed E-state index contributed by atoms with van der Waals surface area (Å²) in [6.45, 7) is 3.66. The zero-order chi connectivity index (χ0) is 14.8. The van der Waals surface area contributed by atoms with Crippen LogP contribution in [0.4, 0.5) is 5.69 Å². The summed E-state index contributed by atoms with van der Waals surface area (Å²) in [5.41, 5.74) is 10.2. The summed E-state index contributed by atoms with van der Waals surface area (Å²) in [5.74, 6) is 0.974. The third kappa shape index (κ3) is 2.76. The van der Waals surface area contributed by atoms with Gasteiger partial charge < -0.3 is 10.2 Å². The molecule has 21 heavy (non-hydrogen) atoms. The maximum atomic E-state index is 6.02. The van der Waals surface area contributed by atoms with E-state index in [1.165, 1.54) is 11.1 Å². The van der Waals surface area contributed by atoms with Crippen LogP contribution >= 0.6 is 0 Å². The summed E-state index contributed by atoms with van der Waals surface area (Å²) in [5, 5.41) is 1.02. The molecule has 2 heterocycles. The average Bonchev–Trinajstić information content (AvgIpc) is 2.88. The maximum absolute atomic E-state index is 6.02. The van der Waals surface area contributed by atoms with Crippen LogP contribution in [-0.2, 0) is 13.1 Å². The highest BCUT2D eigenvalue weighted by atomic mass is 16.3. The number of furan rings is 1. The van der Waals surface area contributed by atoms with E-state index >= 15 is 0 Å². The molecule has 0 saturated carbocycles. The van der Waals surface area contributed by atoms with Gasteiger partial charge in [0, 0.05) is 35.9 Å². The molecule has 2 N–H and O–H groups in total. The van der Waals surface area contributed by atoms with Gasteiger partial charge >= 0.3 is 0 Å². The number of nitrogen functional groups attached to an aromatic ring is 1. The highest BCUT2D eigenvalue weighted by Gasteiger charge is 2.10. The lowest BCUT2D eigenvalue weighted by Crippen LogP contribution is -2.17. The van der Waals surface area contributed by atoms with E-state index in [1.807, 2.05) is 37.4 Å². The van der Waals surface area contributed by atoms with Crippen molar-refractivity contribution in [3.05, 3.63) is 59.7 Å².